The van der Waals surface area contributed by atoms with Crippen molar-refractivity contribution in [3.63, 3.8) is 0 Å². The van der Waals surface area contributed by atoms with E-state index in [0.717, 1.165) is 36.8 Å². The molecule has 142 valence electrons. The molecule has 5 heteroatoms. The van der Waals surface area contributed by atoms with Gasteiger partial charge in [0.1, 0.15) is 0 Å². The van der Waals surface area contributed by atoms with Gasteiger partial charge in [0.25, 0.3) is 5.91 Å². The Morgan fingerprint density at radius 1 is 0.926 bits per heavy atom. The highest BCUT2D eigenvalue weighted by atomic mass is 16.2. The van der Waals surface area contributed by atoms with Gasteiger partial charge in [-0.2, -0.15) is 0 Å². The molecule has 0 radical (unpaired) electrons. The topological polar surface area (TPSA) is 62.6 Å². The fourth-order valence-corrected chi connectivity index (χ4v) is 3.69. The summed E-state index contributed by atoms with van der Waals surface area (Å²) in [6.45, 7) is 4.08. The molecule has 0 saturated carbocycles. The first kappa shape index (κ1) is 19.1. The quantitative estimate of drug-likeness (QED) is 0.733. The van der Waals surface area contributed by atoms with E-state index in [2.05, 4.69) is 41.0 Å². The molecule has 1 heterocycles. The maximum Gasteiger partial charge on any atom is 0.279 e. The third-order valence-electron chi connectivity index (χ3n) is 5.08. The predicted octanol–water partition coefficient (Wildman–Crippen LogP) is 2.12. The number of anilines is 2. The van der Waals surface area contributed by atoms with Crippen molar-refractivity contribution in [2.75, 3.05) is 30.3 Å². The van der Waals surface area contributed by atoms with E-state index in [0.29, 0.717) is 6.54 Å². The lowest BCUT2D eigenvalue weighted by Gasteiger charge is -2.29. The Labute approximate surface area is 160 Å². The highest BCUT2D eigenvalue weighted by molar-refractivity contribution is 5.92. The minimum Gasteiger partial charge on any atom is -0.327 e. The van der Waals surface area contributed by atoms with Crippen LogP contribution in [-0.2, 0) is 16.0 Å². The predicted molar refractivity (Wildman–Crippen MR) is 108 cm³/mol. The summed E-state index contributed by atoms with van der Waals surface area (Å²) < 4.78 is 0. The fraction of sp³-hybridized carbons (Fsp3) is 0.364. The number of nitrogens with one attached hydrogen (secondary N) is 3. The molecule has 0 unspecified atom stereocenters. The number of rotatable bonds is 6. The van der Waals surface area contributed by atoms with Crippen LogP contribution in [0.5, 0.6) is 0 Å². The summed E-state index contributed by atoms with van der Waals surface area (Å²) in [5, 5.41) is 5.66. The molecule has 1 fully saturated rings. The van der Waals surface area contributed by atoms with E-state index >= 15 is 0 Å². The molecule has 0 bridgehead atoms. The Bertz CT molecular complexity index is 751. The van der Waals surface area contributed by atoms with Crippen LogP contribution in [0.25, 0.3) is 0 Å². The van der Waals surface area contributed by atoms with Crippen LogP contribution in [0.15, 0.2) is 54.6 Å². The lowest BCUT2D eigenvalue weighted by molar-refractivity contribution is -0.898. The van der Waals surface area contributed by atoms with Crippen molar-refractivity contribution in [3.8, 4) is 0 Å². The third kappa shape index (κ3) is 6.22. The maximum atomic E-state index is 12.3. The minimum atomic E-state index is -0.106. The van der Waals surface area contributed by atoms with Crippen LogP contribution in [0.2, 0.25) is 0 Å². The van der Waals surface area contributed by atoms with Gasteiger partial charge in [-0.25, -0.2) is 0 Å². The molecule has 3 N–H and O–H groups in total. The first-order valence-corrected chi connectivity index (χ1v) is 9.63. The Balaban J connectivity index is 1.41. The Morgan fingerprint density at radius 2 is 1.52 bits per heavy atom. The summed E-state index contributed by atoms with van der Waals surface area (Å²) in [7, 11) is 0. The molecule has 0 aromatic heterocycles. The molecule has 2 amide bonds. The van der Waals surface area contributed by atoms with E-state index in [4.69, 9.17) is 0 Å². The SMILES string of the molecule is CC(=O)Nc1ccc(NC(=O)C[NH+]2CCC(Cc3ccccc3)CC2)cc1. The Morgan fingerprint density at radius 3 is 2.11 bits per heavy atom. The molecule has 27 heavy (non-hydrogen) atoms. The number of quaternary nitrogens is 1. The van der Waals surface area contributed by atoms with Crippen LogP contribution in [0.1, 0.15) is 25.3 Å². The molecule has 0 atom stereocenters. The van der Waals surface area contributed by atoms with E-state index in [-0.39, 0.29) is 11.8 Å². The van der Waals surface area contributed by atoms with Gasteiger partial charge in [0.05, 0.1) is 13.1 Å². The van der Waals surface area contributed by atoms with Gasteiger partial charge in [-0.1, -0.05) is 30.3 Å². The number of likely N-dealkylation sites (tertiary alicyclic amines) is 1. The number of benzene rings is 2. The highest BCUT2D eigenvalue weighted by Crippen LogP contribution is 2.16. The molecule has 1 saturated heterocycles. The summed E-state index contributed by atoms with van der Waals surface area (Å²) >= 11 is 0. The zero-order chi connectivity index (χ0) is 19.1. The molecular formula is C22H28N3O2+. The summed E-state index contributed by atoms with van der Waals surface area (Å²) in [4.78, 5) is 24.7. The Kier molecular flexibility index (Phi) is 6.60. The van der Waals surface area contributed by atoms with Crippen LogP contribution in [0.4, 0.5) is 11.4 Å². The van der Waals surface area contributed by atoms with Crippen molar-refractivity contribution in [3.05, 3.63) is 60.2 Å². The number of hydrogen-bond donors (Lipinski definition) is 3. The molecule has 0 aliphatic carbocycles. The molecule has 3 rings (SSSR count). The second-order valence-electron chi connectivity index (χ2n) is 7.37. The monoisotopic (exact) mass is 366 g/mol. The normalized spacial score (nSPS) is 19.3. The zero-order valence-electron chi connectivity index (χ0n) is 15.8. The van der Waals surface area contributed by atoms with Crippen molar-refractivity contribution >= 4 is 23.2 Å². The lowest BCUT2D eigenvalue weighted by Crippen LogP contribution is -3.14. The molecule has 1 aliphatic heterocycles. The van der Waals surface area contributed by atoms with Gasteiger partial charge in [0.2, 0.25) is 5.91 Å². The highest BCUT2D eigenvalue weighted by Gasteiger charge is 2.24. The van der Waals surface area contributed by atoms with E-state index in [1.54, 1.807) is 12.1 Å². The first-order chi connectivity index (χ1) is 13.1. The van der Waals surface area contributed by atoms with Gasteiger partial charge in [-0.15, -0.1) is 0 Å². The number of carbonyl (C=O) groups excluding carboxylic acids is 2. The molecule has 2 aromatic rings. The van der Waals surface area contributed by atoms with E-state index < -0.39 is 0 Å². The summed E-state index contributed by atoms with van der Waals surface area (Å²) in [6.07, 6.45) is 3.48. The van der Waals surface area contributed by atoms with Crippen molar-refractivity contribution in [1.29, 1.82) is 0 Å². The van der Waals surface area contributed by atoms with E-state index in [9.17, 15) is 9.59 Å². The van der Waals surface area contributed by atoms with Crippen molar-refractivity contribution < 1.29 is 14.5 Å². The lowest BCUT2D eigenvalue weighted by atomic mass is 9.90. The van der Waals surface area contributed by atoms with Crippen LogP contribution < -0.4 is 15.5 Å². The maximum absolute atomic E-state index is 12.3. The first-order valence-electron chi connectivity index (χ1n) is 9.63. The molecule has 2 aromatic carbocycles. The Hall–Kier alpha value is -2.66. The number of hydrogen-bond acceptors (Lipinski definition) is 2. The van der Waals surface area contributed by atoms with Crippen LogP contribution in [-0.4, -0.2) is 31.4 Å². The average molecular weight is 366 g/mol. The molecular weight excluding hydrogens is 338 g/mol. The van der Waals surface area contributed by atoms with Gasteiger partial charge < -0.3 is 15.5 Å². The summed E-state index contributed by atoms with van der Waals surface area (Å²) in [5.74, 6) is 0.658. The van der Waals surface area contributed by atoms with Gasteiger partial charge in [-0.3, -0.25) is 9.59 Å². The average Bonchev–Trinajstić information content (AvgIpc) is 2.65. The zero-order valence-corrected chi connectivity index (χ0v) is 15.8. The van der Waals surface area contributed by atoms with Crippen LogP contribution >= 0.6 is 0 Å². The van der Waals surface area contributed by atoms with Gasteiger partial charge in [-0.05, 0) is 55.0 Å². The number of carbonyl (C=O) groups is 2. The van der Waals surface area contributed by atoms with E-state index in [1.807, 2.05) is 12.1 Å². The van der Waals surface area contributed by atoms with Gasteiger partial charge in [0, 0.05) is 18.3 Å². The second-order valence-corrected chi connectivity index (χ2v) is 7.37. The third-order valence-corrected chi connectivity index (χ3v) is 5.08. The largest absolute Gasteiger partial charge is 0.327 e. The van der Waals surface area contributed by atoms with Crippen LogP contribution in [0, 0.1) is 5.92 Å². The minimum absolute atomic E-state index is 0.0405. The van der Waals surface area contributed by atoms with Crippen molar-refractivity contribution in [2.24, 2.45) is 5.92 Å². The fourth-order valence-electron chi connectivity index (χ4n) is 3.69. The molecule has 5 nitrogen and oxygen atoms in total. The van der Waals surface area contributed by atoms with Gasteiger partial charge >= 0.3 is 0 Å². The number of piperidine rings is 1. The number of amides is 2. The van der Waals surface area contributed by atoms with E-state index in [1.165, 1.54) is 30.2 Å². The van der Waals surface area contributed by atoms with Crippen LogP contribution in [0.3, 0.4) is 0 Å². The summed E-state index contributed by atoms with van der Waals surface area (Å²) in [6, 6.07) is 17.9. The molecule has 1 aliphatic rings. The standard InChI is InChI=1S/C22H27N3O2/c1-17(26)23-20-7-9-21(10-8-20)24-22(27)16-25-13-11-19(12-14-25)15-18-5-3-2-4-6-18/h2-10,19H,11-16H2,1H3,(H,23,26)(H,24,27)/p+1. The second kappa shape index (κ2) is 9.33. The molecule has 0 spiro atoms. The summed E-state index contributed by atoms with van der Waals surface area (Å²) in [5.41, 5.74) is 2.89. The smallest absolute Gasteiger partial charge is 0.279 e. The van der Waals surface area contributed by atoms with Gasteiger partial charge in [0.15, 0.2) is 6.54 Å². The van der Waals surface area contributed by atoms with Crippen molar-refractivity contribution in [1.82, 2.24) is 0 Å². The van der Waals surface area contributed by atoms with Crippen molar-refractivity contribution in [2.45, 2.75) is 26.2 Å².